The Balaban J connectivity index is 1.93. The number of hydrogen-bond donors (Lipinski definition) is 0. The average molecular weight is 298 g/mol. The molecule has 0 spiro atoms. The molecule has 0 aliphatic carbocycles. The number of hydrogen-bond acceptors (Lipinski definition) is 3. The lowest BCUT2D eigenvalue weighted by Crippen LogP contribution is -2.10. The van der Waals surface area contributed by atoms with E-state index in [9.17, 15) is 0 Å². The lowest BCUT2D eigenvalue weighted by Gasteiger charge is -2.14. The van der Waals surface area contributed by atoms with Crippen molar-refractivity contribution in [1.82, 2.24) is 0 Å². The first-order valence-corrected chi connectivity index (χ1v) is 7.28. The van der Waals surface area contributed by atoms with Crippen molar-refractivity contribution in [2.45, 2.75) is 13.8 Å². The van der Waals surface area contributed by atoms with Crippen LogP contribution in [0.2, 0.25) is 0 Å². The highest BCUT2D eigenvalue weighted by molar-refractivity contribution is 5.54. The van der Waals surface area contributed by atoms with Crippen LogP contribution in [0.1, 0.15) is 16.7 Å². The van der Waals surface area contributed by atoms with E-state index >= 15 is 0 Å². The summed E-state index contributed by atoms with van der Waals surface area (Å²) in [4.78, 5) is 0. The van der Waals surface area contributed by atoms with Crippen LogP contribution in [-0.2, 0) is 0 Å². The fourth-order valence-corrected chi connectivity index (χ4v) is 2.25. The quantitative estimate of drug-likeness (QED) is 0.708. The molecular formula is C19H22O3. The van der Waals surface area contributed by atoms with Crippen molar-refractivity contribution in [2.24, 2.45) is 0 Å². The van der Waals surface area contributed by atoms with E-state index in [2.05, 4.69) is 6.58 Å². The molecule has 0 unspecified atom stereocenters. The lowest BCUT2D eigenvalue weighted by molar-refractivity contribution is 0.210. The third kappa shape index (κ3) is 3.82. The minimum Gasteiger partial charge on any atom is -0.493 e. The summed E-state index contributed by atoms with van der Waals surface area (Å²) < 4.78 is 16.9. The van der Waals surface area contributed by atoms with Crippen molar-refractivity contribution < 1.29 is 14.2 Å². The van der Waals surface area contributed by atoms with Crippen LogP contribution in [0, 0.1) is 13.8 Å². The molecule has 0 aliphatic rings. The highest BCUT2D eigenvalue weighted by Crippen LogP contribution is 2.28. The van der Waals surface area contributed by atoms with Crippen LogP contribution in [0.15, 0.2) is 43.0 Å². The maximum atomic E-state index is 5.83. The Morgan fingerprint density at radius 3 is 2.27 bits per heavy atom. The molecule has 0 amide bonds. The third-order valence-corrected chi connectivity index (χ3v) is 3.42. The smallest absolute Gasteiger partial charge is 0.161 e. The van der Waals surface area contributed by atoms with Gasteiger partial charge in [0.25, 0.3) is 0 Å². The van der Waals surface area contributed by atoms with Gasteiger partial charge >= 0.3 is 0 Å². The molecule has 0 N–H and O–H groups in total. The number of rotatable bonds is 7. The molecule has 2 aromatic carbocycles. The van der Waals surface area contributed by atoms with Crippen molar-refractivity contribution in [1.29, 1.82) is 0 Å². The number of benzene rings is 2. The molecular weight excluding hydrogens is 276 g/mol. The van der Waals surface area contributed by atoms with Gasteiger partial charge in [-0.1, -0.05) is 36.9 Å². The van der Waals surface area contributed by atoms with Gasteiger partial charge in [-0.2, -0.15) is 0 Å². The number of methoxy groups -OCH3 is 1. The molecule has 0 aromatic heterocycles. The number of para-hydroxylation sites is 1. The third-order valence-electron chi connectivity index (χ3n) is 3.42. The van der Waals surface area contributed by atoms with Crippen LogP contribution in [0.3, 0.4) is 0 Å². The largest absolute Gasteiger partial charge is 0.493 e. The first-order valence-electron chi connectivity index (χ1n) is 7.28. The van der Waals surface area contributed by atoms with Gasteiger partial charge in [-0.25, -0.2) is 0 Å². The van der Waals surface area contributed by atoms with E-state index in [4.69, 9.17) is 14.2 Å². The lowest BCUT2D eigenvalue weighted by atomic mass is 10.1. The Morgan fingerprint density at radius 2 is 1.64 bits per heavy atom. The molecule has 3 nitrogen and oxygen atoms in total. The molecule has 116 valence electrons. The van der Waals surface area contributed by atoms with E-state index in [0.29, 0.717) is 24.7 Å². The van der Waals surface area contributed by atoms with E-state index < -0.39 is 0 Å². The maximum Gasteiger partial charge on any atom is 0.161 e. The van der Waals surface area contributed by atoms with Crippen LogP contribution in [0.5, 0.6) is 17.2 Å². The molecule has 0 fully saturated rings. The predicted octanol–water partition coefficient (Wildman–Crippen LogP) is 4.41. The zero-order valence-corrected chi connectivity index (χ0v) is 13.4. The summed E-state index contributed by atoms with van der Waals surface area (Å²) in [5.41, 5.74) is 3.26. The fraction of sp³-hybridized carbons (Fsp3) is 0.263. The Bertz CT molecular complexity index is 627. The molecule has 0 radical (unpaired) electrons. The minimum atomic E-state index is 0.456. The van der Waals surface area contributed by atoms with Gasteiger partial charge in [-0.05, 0) is 42.7 Å². The second-order valence-corrected chi connectivity index (χ2v) is 5.03. The summed E-state index contributed by atoms with van der Waals surface area (Å²) in [6, 6.07) is 11.8. The van der Waals surface area contributed by atoms with Crippen LogP contribution >= 0.6 is 0 Å². The zero-order chi connectivity index (χ0) is 15.9. The first kappa shape index (κ1) is 16.0. The summed E-state index contributed by atoms with van der Waals surface area (Å²) in [6.07, 6.45) is 1.77. The van der Waals surface area contributed by atoms with Gasteiger partial charge in [0, 0.05) is 0 Å². The molecule has 22 heavy (non-hydrogen) atoms. The van der Waals surface area contributed by atoms with E-state index in [1.807, 2.05) is 50.2 Å². The Morgan fingerprint density at radius 1 is 0.955 bits per heavy atom. The SMILES string of the molecule is C=Cc1ccc(OCCOc2c(C)cccc2C)c(OC)c1. The average Bonchev–Trinajstić information content (AvgIpc) is 2.53. The van der Waals surface area contributed by atoms with Gasteiger partial charge in [0.1, 0.15) is 19.0 Å². The van der Waals surface area contributed by atoms with Crippen molar-refractivity contribution in [2.75, 3.05) is 20.3 Å². The predicted molar refractivity (Wildman–Crippen MR) is 90.0 cm³/mol. The van der Waals surface area contributed by atoms with E-state index in [0.717, 1.165) is 22.4 Å². The molecule has 0 saturated heterocycles. The zero-order valence-electron chi connectivity index (χ0n) is 13.4. The molecule has 3 heteroatoms. The van der Waals surface area contributed by atoms with Crippen molar-refractivity contribution in [3.63, 3.8) is 0 Å². The molecule has 0 aliphatic heterocycles. The Kier molecular flexibility index (Phi) is 5.48. The highest BCUT2D eigenvalue weighted by Gasteiger charge is 2.06. The molecule has 0 heterocycles. The van der Waals surface area contributed by atoms with Crippen molar-refractivity contribution in [3.8, 4) is 17.2 Å². The van der Waals surface area contributed by atoms with Crippen LogP contribution in [0.25, 0.3) is 6.08 Å². The molecule has 0 atom stereocenters. The fourth-order valence-electron chi connectivity index (χ4n) is 2.25. The number of aryl methyl sites for hydroxylation is 2. The van der Waals surface area contributed by atoms with E-state index in [-0.39, 0.29) is 0 Å². The summed E-state index contributed by atoms with van der Waals surface area (Å²) >= 11 is 0. The monoisotopic (exact) mass is 298 g/mol. The summed E-state index contributed by atoms with van der Waals surface area (Å²) in [6.45, 7) is 8.77. The van der Waals surface area contributed by atoms with Gasteiger partial charge in [0.15, 0.2) is 11.5 Å². The second kappa shape index (κ2) is 7.55. The Labute approximate surface area is 132 Å². The van der Waals surface area contributed by atoms with Crippen LogP contribution < -0.4 is 14.2 Å². The maximum absolute atomic E-state index is 5.83. The molecule has 0 saturated carbocycles. The molecule has 2 aromatic rings. The van der Waals surface area contributed by atoms with E-state index in [1.165, 1.54) is 0 Å². The van der Waals surface area contributed by atoms with Gasteiger partial charge in [0.05, 0.1) is 7.11 Å². The van der Waals surface area contributed by atoms with Gasteiger partial charge in [-0.3, -0.25) is 0 Å². The van der Waals surface area contributed by atoms with Gasteiger partial charge < -0.3 is 14.2 Å². The Hall–Kier alpha value is -2.42. The number of ether oxygens (including phenoxy) is 3. The van der Waals surface area contributed by atoms with Gasteiger partial charge in [0.2, 0.25) is 0 Å². The molecule has 2 rings (SSSR count). The standard InChI is InChI=1S/C19H22O3/c1-5-16-9-10-17(18(13-16)20-4)21-11-12-22-19-14(2)7-6-8-15(19)3/h5-10,13H,1,11-12H2,2-4H3. The van der Waals surface area contributed by atoms with Crippen molar-refractivity contribution in [3.05, 3.63) is 59.7 Å². The van der Waals surface area contributed by atoms with Crippen LogP contribution in [-0.4, -0.2) is 20.3 Å². The summed E-state index contributed by atoms with van der Waals surface area (Å²) in [5, 5.41) is 0. The summed E-state index contributed by atoms with van der Waals surface area (Å²) in [7, 11) is 1.63. The van der Waals surface area contributed by atoms with Gasteiger partial charge in [-0.15, -0.1) is 0 Å². The second-order valence-electron chi connectivity index (χ2n) is 5.03. The summed E-state index contributed by atoms with van der Waals surface area (Å²) in [5.74, 6) is 2.34. The highest BCUT2D eigenvalue weighted by atomic mass is 16.5. The van der Waals surface area contributed by atoms with Crippen molar-refractivity contribution >= 4 is 6.08 Å². The molecule has 0 bridgehead atoms. The normalized spacial score (nSPS) is 10.1. The minimum absolute atomic E-state index is 0.456. The van der Waals surface area contributed by atoms with E-state index in [1.54, 1.807) is 13.2 Å². The van der Waals surface area contributed by atoms with Crippen LogP contribution in [0.4, 0.5) is 0 Å². The first-order chi connectivity index (χ1) is 10.7. The topological polar surface area (TPSA) is 27.7 Å².